The van der Waals surface area contributed by atoms with Crippen LogP contribution in [0.2, 0.25) is 0 Å². The van der Waals surface area contributed by atoms with E-state index in [-0.39, 0.29) is 0 Å². The fourth-order valence-electron chi connectivity index (χ4n) is 1.29. The molecule has 0 aliphatic rings. The fourth-order valence-corrected chi connectivity index (χ4v) is 1.29. The highest BCUT2D eigenvalue weighted by atomic mass is 16.5. The number of hydrogen-bond donors (Lipinski definition) is 0. The van der Waals surface area contributed by atoms with E-state index in [2.05, 4.69) is 17.1 Å². The molecule has 0 saturated heterocycles. The maximum atomic E-state index is 5.08. The van der Waals surface area contributed by atoms with E-state index in [9.17, 15) is 0 Å². The molecule has 0 aromatic carbocycles. The van der Waals surface area contributed by atoms with E-state index in [1.54, 1.807) is 7.11 Å². The first-order chi connectivity index (χ1) is 6.35. The Morgan fingerprint density at radius 1 is 1.46 bits per heavy atom. The van der Waals surface area contributed by atoms with E-state index < -0.39 is 0 Å². The number of pyridine rings is 1. The van der Waals surface area contributed by atoms with Crippen LogP contribution in [0.25, 0.3) is 5.65 Å². The highest BCUT2D eigenvalue weighted by Crippen LogP contribution is 2.13. The number of aromatic nitrogens is 3. The molecule has 68 valence electrons. The summed E-state index contributed by atoms with van der Waals surface area (Å²) >= 11 is 0. The van der Waals surface area contributed by atoms with Gasteiger partial charge < -0.3 is 4.74 Å². The monoisotopic (exact) mass is 177 g/mol. The lowest BCUT2D eigenvalue weighted by Gasteiger charge is -1.99. The molecular formula is C9H11N3O. The Labute approximate surface area is 76.2 Å². The molecule has 0 saturated carbocycles. The highest BCUT2D eigenvalue weighted by Gasteiger charge is 2.03. The van der Waals surface area contributed by atoms with Gasteiger partial charge in [0.15, 0.2) is 5.65 Å². The van der Waals surface area contributed by atoms with E-state index in [1.807, 2.05) is 22.7 Å². The largest absolute Gasteiger partial charge is 0.497 e. The van der Waals surface area contributed by atoms with Crippen LogP contribution < -0.4 is 4.74 Å². The second-order valence-corrected chi connectivity index (χ2v) is 2.76. The first-order valence-corrected chi connectivity index (χ1v) is 4.23. The van der Waals surface area contributed by atoms with E-state index in [4.69, 9.17) is 4.74 Å². The van der Waals surface area contributed by atoms with Crippen LogP contribution in [0.1, 0.15) is 12.7 Å². The molecule has 0 spiro atoms. The summed E-state index contributed by atoms with van der Waals surface area (Å²) in [5.41, 5.74) is 0.830. The Balaban J connectivity index is 2.61. The van der Waals surface area contributed by atoms with Gasteiger partial charge in [-0.25, -0.2) is 0 Å². The van der Waals surface area contributed by atoms with Gasteiger partial charge in [0.2, 0.25) is 0 Å². The summed E-state index contributed by atoms with van der Waals surface area (Å²) in [6, 6.07) is 3.77. The predicted molar refractivity (Wildman–Crippen MR) is 48.9 cm³/mol. The normalized spacial score (nSPS) is 10.6. The number of ether oxygens (including phenoxy) is 1. The zero-order valence-corrected chi connectivity index (χ0v) is 7.69. The van der Waals surface area contributed by atoms with Crippen LogP contribution in [0.5, 0.6) is 5.75 Å². The van der Waals surface area contributed by atoms with Gasteiger partial charge in [-0.3, -0.25) is 4.40 Å². The third-order valence-electron chi connectivity index (χ3n) is 2.00. The molecule has 4 heteroatoms. The fraction of sp³-hybridized carbons (Fsp3) is 0.333. The number of methoxy groups -OCH3 is 1. The lowest BCUT2D eigenvalue weighted by molar-refractivity contribution is 0.414. The molecule has 4 nitrogen and oxygen atoms in total. The van der Waals surface area contributed by atoms with Crippen molar-refractivity contribution in [1.82, 2.24) is 14.6 Å². The van der Waals surface area contributed by atoms with Gasteiger partial charge in [-0.2, -0.15) is 0 Å². The summed E-state index contributed by atoms with van der Waals surface area (Å²) in [4.78, 5) is 0. The topological polar surface area (TPSA) is 39.4 Å². The zero-order valence-electron chi connectivity index (χ0n) is 7.69. The molecule has 2 aromatic heterocycles. The average molecular weight is 177 g/mol. The number of nitrogens with zero attached hydrogens (tertiary/aromatic N) is 3. The first-order valence-electron chi connectivity index (χ1n) is 4.23. The molecule has 0 unspecified atom stereocenters. The van der Waals surface area contributed by atoms with Gasteiger partial charge in [0.05, 0.1) is 7.11 Å². The van der Waals surface area contributed by atoms with Crippen molar-refractivity contribution in [2.24, 2.45) is 0 Å². The average Bonchev–Trinajstić information content (AvgIpc) is 2.59. The minimum atomic E-state index is 0.808. The minimum Gasteiger partial charge on any atom is -0.497 e. The van der Waals surface area contributed by atoms with Crippen molar-refractivity contribution in [1.29, 1.82) is 0 Å². The summed E-state index contributed by atoms with van der Waals surface area (Å²) in [5.74, 6) is 1.78. The Morgan fingerprint density at radius 2 is 2.31 bits per heavy atom. The second-order valence-electron chi connectivity index (χ2n) is 2.76. The quantitative estimate of drug-likeness (QED) is 0.694. The molecule has 13 heavy (non-hydrogen) atoms. The molecule has 0 amide bonds. The van der Waals surface area contributed by atoms with Crippen LogP contribution in [0.15, 0.2) is 18.3 Å². The van der Waals surface area contributed by atoms with Gasteiger partial charge in [0.1, 0.15) is 11.6 Å². The van der Waals surface area contributed by atoms with Crippen LogP contribution >= 0.6 is 0 Å². The summed E-state index contributed by atoms with van der Waals surface area (Å²) in [6.07, 6.45) is 2.81. The molecule has 0 bridgehead atoms. The van der Waals surface area contributed by atoms with Crippen LogP contribution in [-0.4, -0.2) is 21.7 Å². The van der Waals surface area contributed by atoms with Gasteiger partial charge in [-0.15, -0.1) is 10.2 Å². The van der Waals surface area contributed by atoms with Crippen LogP contribution in [-0.2, 0) is 6.42 Å². The second kappa shape index (κ2) is 3.05. The lowest BCUT2D eigenvalue weighted by atomic mass is 10.4. The molecule has 0 N–H and O–H groups in total. The lowest BCUT2D eigenvalue weighted by Crippen LogP contribution is -1.92. The Morgan fingerprint density at radius 3 is 3.00 bits per heavy atom. The zero-order chi connectivity index (χ0) is 9.26. The van der Waals surface area contributed by atoms with Crippen molar-refractivity contribution in [3.8, 4) is 5.75 Å². The van der Waals surface area contributed by atoms with E-state index in [0.717, 1.165) is 23.6 Å². The third kappa shape index (κ3) is 1.24. The maximum absolute atomic E-state index is 5.08. The van der Waals surface area contributed by atoms with Crippen molar-refractivity contribution in [3.05, 3.63) is 24.2 Å². The van der Waals surface area contributed by atoms with Crippen LogP contribution in [0.3, 0.4) is 0 Å². The van der Waals surface area contributed by atoms with Gasteiger partial charge in [0.25, 0.3) is 0 Å². The highest BCUT2D eigenvalue weighted by molar-refractivity contribution is 5.43. The van der Waals surface area contributed by atoms with Crippen LogP contribution in [0, 0.1) is 0 Å². The molecule has 0 fully saturated rings. The van der Waals surface area contributed by atoms with E-state index >= 15 is 0 Å². The number of rotatable bonds is 2. The number of aryl methyl sites for hydroxylation is 1. The maximum Gasteiger partial charge on any atom is 0.164 e. The molecule has 0 aliphatic heterocycles. The summed E-state index contributed by atoms with van der Waals surface area (Å²) in [5, 5.41) is 8.08. The van der Waals surface area contributed by atoms with E-state index in [0.29, 0.717) is 0 Å². The summed E-state index contributed by atoms with van der Waals surface area (Å²) < 4.78 is 7.04. The smallest absolute Gasteiger partial charge is 0.164 e. The van der Waals surface area contributed by atoms with Gasteiger partial charge in [0, 0.05) is 18.7 Å². The molecule has 2 heterocycles. The van der Waals surface area contributed by atoms with Crippen molar-refractivity contribution >= 4 is 5.65 Å². The standard InChI is InChI=1S/C9H11N3O/c1-3-8-10-11-9-6-7(13-2)4-5-12(8)9/h4-6H,3H2,1-2H3. The molecular weight excluding hydrogens is 166 g/mol. The van der Waals surface area contributed by atoms with Crippen molar-refractivity contribution in [2.75, 3.05) is 7.11 Å². The van der Waals surface area contributed by atoms with Gasteiger partial charge in [-0.1, -0.05) is 6.92 Å². The predicted octanol–water partition coefficient (Wildman–Crippen LogP) is 1.30. The summed E-state index contributed by atoms with van der Waals surface area (Å²) in [7, 11) is 1.64. The van der Waals surface area contributed by atoms with Crippen molar-refractivity contribution < 1.29 is 4.74 Å². The number of hydrogen-bond acceptors (Lipinski definition) is 3. The Hall–Kier alpha value is -1.58. The Kier molecular flexibility index (Phi) is 1.88. The van der Waals surface area contributed by atoms with Gasteiger partial charge >= 0.3 is 0 Å². The molecule has 0 atom stereocenters. The molecule has 0 radical (unpaired) electrons. The van der Waals surface area contributed by atoms with Crippen molar-refractivity contribution in [3.63, 3.8) is 0 Å². The number of fused-ring (bicyclic) bond motifs is 1. The first kappa shape index (κ1) is 8.04. The minimum absolute atomic E-state index is 0.808. The molecule has 2 rings (SSSR count). The third-order valence-corrected chi connectivity index (χ3v) is 2.00. The van der Waals surface area contributed by atoms with Crippen LogP contribution in [0.4, 0.5) is 0 Å². The SMILES string of the molecule is CCc1nnc2cc(OC)ccn12. The molecule has 2 aromatic rings. The molecule has 0 aliphatic carbocycles. The Bertz CT molecular complexity index is 422. The van der Waals surface area contributed by atoms with Gasteiger partial charge in [-0.05, 0) is 6.07 Å². The summed E-state index contributed by atoms with van der Waals surface area (Å²) in [6.45, 7) is 2.06. The van der Waals surface area contributed by atoms with Crippen molar-refractivity contribution in [2.45, 2.75) is 13.3 Å². The van der Waals surface area contributed by atoms with E-state index in [1.165, 1.54) is 0 Å².